The second-order valence-corrected chi connectivity index (χ2v) is 5.08. The van der Waals surface area contributed by atoms with Gasteiger partial charge in [-0.25, -0.2) is 4.98 Å². The molecule has 5 heteroatoms. The fourth-order valence-corrected chi connectivity index (χ4v) is 2.53. The first kappa shape index (κ1) is 13.1. The highest BCUT2D eigenvalue weighted by atomic mass is 16.1. The van der Waals surface area contributed by atoms with Gasteiger partial charge in [0.15, 0.2) is 0 Å². The molecule has 100 valence electrons. The summed E-state index contributed by atoms with van der Waals surface area (Å²) in [4.78, 5) is 16.3. The molecule has 0 aliphatic heterocycles. The molecule has 1 heterocycles. The number of hydrogen-bond donors (Lipinski definition) is 2. The second-order valence-electron chi connectivity index (χ2n) is 5.08. The van der Waals surface area contributed by atoms with Crippen molar-refractivity contribution in [3.8, 4) is 0 Å². The Balaban J connectivity index is 1.88. The molecule has 18 heavy (non-hydrogen) atoms. The number of amides is 1. The minimum Gasteiger partial charge on any atom is -0.349 e. The maximum atomic E-state index is 12.1. The maximum Gasteiger partial charge on any atom is 0.225 e. The predicted molar refractivity (Wildman–Crippen MR) is 69.6 cm³/mol. The van der Waals surface area contributed by atoms with Crippen LogP contribution in [0, 0.1) is 5.92 Å². The fourth-order valence-electron chi connectivity index (χ4n) is 2.53. The lowest BCUT2D eigenvalue weighted by Gasteiger charge is -2.20. The van der Waals surface area contributed by atoms with Crippen molar-refractivity contribution in [3.63, 3.8) is 0 Å². The van der Waals surface area contributed by atoms with Crippen molar-refractivity contribution >= 4 is 5.91 Å². The van der Waals surface area contributed by atoms with Gasteiger partial charge in [0, 0.05) is 25.5 Å². The smallest absolute Gasteiger partial charge is 0.225 e. The van der Waals surface area contributed by atoms with Gasteiger partial charge in [-0.05, 0) is 12.8 Å². The molecule has 2 unspecified atom stereocenters. The van der Waals surface area contributed by atoms with Crippen LogP contribution in [0.3, 0.4) is 0 Å². The van der Waals surface area contributed by atoms with E-state index in [1.165, 1.54) is 6.42 Å². The maximum absolute atomic E-state index is 12.1. The molecule has 1 saturated carbocycles. The average Bonchev–Trinajstić information content (AvgIpc) is 2.63. The third kappa shape index (κ3) is 3.10. The average molecular weight is 250 g/mol. The molecule has 1 aromatic rings. The molecule has 0 saturated heterocycles. The van der Waals surface area contributed by atoms with Crippen LogP contribution in [0.1, 0.15) is 37.9 Å². The summed E-state index contributed by atoms with van der Waals surface area (Å²) < 4.78 is 1.91. The molecule has 1 aromatic heterocycles. The highest BCUT2D eigenvalue weighted by Gasteiger charge is 2.26. The monoisotopic (exact) mass is 250 g/mol. The molecule has 2 atom stereocenters. The van der Waals surface area contributed by atoms with Crippen LogP contribution in [-0.2, 0) is 18.4 Å². The number of carbonyl (C=O) groups excluding carboxylic acids is 1. The van der Waals surface area contributed by atoms with E-state index in [4.69, 9.17) is 5.73 Å². The first-order chi connectivity index (χ1) is 8.68. The molecule has 1 fully saturated rings. The number of nitrogens with zero attached hydrogens (tertiary/aromatic N) is 2. The normalized spacial score (nSPS) is 24.6. The van der Waals surface area contributed by atoms with E-state index in [0.717, 1.165) is 31.5 Å². The molecular formula is C13H22N4O. The summed E-state index contributed by atoms with van der Waals surface area (Å²) in [6.45, 7) is 0.478. The van der Waals surface area contributed by atoms with Crippen LogP contribution in [-0.4, -0.2) is 21.5 Å². The van der Waals surface area contributed by atoms with Gasteiger partial charge in [-0.15, -0.1) is 0 Å². The van der Waals surface area contributed by atoms with Gasteiger partial charge in [-0.2, -0.15) is 0 Å². The van der Waals surface area contributed by atoms with E-state index in [2.05, 4.69) is 10.3 Å². The lowest BCUT2D eigenvalue weighted by Crippen LogP contribution is -2.41. The topological polar surface area (TPSA) is 72.9 Å². The first-order valence-electron chi connectivity index (χ1n) is 6.68. The van der Waals surface area contributed by atoms with E-state index < -0.39 is 0 Å². The summed E-state index contributed by atoms with van der Waals surface area (Å²) in [6, 6.07) is 0.00821. The van der Waals surface area contributed by atoms with Gasteiger partial charge in [0.1, 0.15) is 5.82 Å². The minimum atomic E-state index is -0.0345. The summed E-state index contributed by atoms with van der Waals surface area (Å²) in [5.41, 5.74) is 6.08. The van der Waals surface area contributed by atoms with E-state index in [9.17, 15) is 4.79 Å². The molecule has 5 nitrogen and oxygen atoms in total. The quantitative estimate of drug-likeness (QED) is 0.784. The van der Waals surface area contributed by atoms with E-state index in [1.807, 2.05) is 17.8 Å². The van der Waals surface area contributed by atoms with Gasteiger partial charge in [-0.3, -0.25) is 4.79 Å². The van der Waals surface area contributed by atoms with Crippen molar-refractivity contribution in [1.29, 1.82) is 0 Å². The molecule has 1 amide bonds. The van der Waals surface area contributed by atoms with Crippen molar-refractivity contribution < 1.29 is 4.79 Å². The zero-order chi connectivity index (χ0) is 13.0. The van der Waals surface area contributed by atoms with Crippen molar-refractivity contribution in [2.45, 2.75) is 44.7 Å². The lowest BCUT2D eigenvalue weighted by atomic mass is 9.94. The molecule has 0 bridgehead atoms. The summed E-state index contributed by atoms with van der Waals surface area (Å²) in [5.74, 6) is 0.908. The van der Waals surface area contributed by atoms with Crippen LogP contribution in [0.4, 0.5) is 0 Å². The highest BCUT2D eigenvalue weighted by molar-refractivity contribution is 5.79. The first-order valence-corrected chi connectivity index (χ1v) is 6.68. The van der Waals surface area contributed by atoms with Crippen LogP contribution in [0.2, 0.25) is 0 Å². The third-order valence-electron chi connectivity index (χ3n) is 3.75. The Morgan fingerprint density at radius 2 is 2.28 bits per heavy atom. The molecule has 0 radical (unpaired) electrons. The third-order valence-corrected chi connectivity index (χ3v) is 3.75. The Labute approximate surface area is 108 Å². The molecule has 3 N–H and O–H groups in total. The van der Waals surface area contributed by atoms with Gasteiger partial charge in [0.2, 0.25) is 5.91 Å². The molecule has 0 spiro atoms. The molecule has 1 aliphatic rings. The van der Waals surface area contributed by atoms with Crippen molar-refractivity contribution in [3.05, 3.63) is 18.2 Å². The van der Waals surface area contributed by atoms with E-state index >= 15 is 0 Å². The van der Waals surface area contributed by atoms with Gasteiger partial charge in [0.05, 0.1) is 12.5 Å². The number of carbonyl (C=O) groups is 1. The Morgan fingerprint density at radius 1 is 1.50 bits per heavy atom. The van der Waals surface area contributed by atoms with Crippen molar-refractivity contribution in [2.24, 2.45) is 18.7 Å². The Hall–Kier alpha value is -1.36. The van der Waals surface area contributed by atoms with Gasteiger partial charge < -0.3 is 15.6 Å². The number of aryl methyl sites for hydroxylation is 1. The number of aromatic nitrogens is 2. The number of rotatable bonds is 3. The largest absolute Gasteiger partial charge is 0.349 e. The number of nitrogens with one attached hydrogen (secondary N) is 1. The summed E-state index contributed by atoms with van der Waals surface area (Å²) in [6.07, 6.45) is 8.92. The molecular weight excluding hydrogens is 228 g/mol. The van der Waals surface area contributed by atoms with Crippen LogP contribution in [0.25, 0.3) is 0 Å². The number of imidazole rings is 1. The van der Waals surface area contributed by atoms with Crippen molar-refractivity contribution in [2.75, 3.05) is 0 Å². The van der Waals surface area contributed by atoms with Crippen LogP contribution < -0.4 is 11.1 Å². The van der Waals surface area contributed by atoms with E-state index in [-0.39, 0.29) is 17.9 Å². The summed E-state index contributed by atoms with van der Waals surface area (Å²) in [5, 5.41) is 2.95. The summed E-state index contributed by atoms with van der Waals surface area (Å²) in [7, 11) is 1.92. The predicted octanol–water partition coefficient (Wildman–Crippen LogP) is 0.944. The Bertz CT molecular complexity index is 401. The fraction of sp³-hybridized carbons (Fsp3) is 0.692. The van der Waals surface area contributed by atoms with Crippen LogP contribution in [0.15, 0.2) is 12.4 Å². The van der Waals surface area contributed by atoms with Gasteiger partial charge in [0.25, 0.3) is 0 Å². The number of hydrogen-bond acceptors (Lipinski definition) is 3. The minimum absolute atomic E-state index is 0.00821. The van der Waals surface area contributed by atoms with Gasteiger partial charge in [-0.1, -0.05) is 19.3 Å². The SMILES string of the molecule is Cn1ccnc1CNC(=O)C1CCCCCC1N. The Kier molecular flexibility index (Phi) is 4.36. The van der Waals surface area contributed by atoms with Gasteiger partial charge >= 0.3 is 0 Å². The zero-order valence-electron chi connectivity index (χ0n) is 10.9. The van der Waals surface area contributed by atoms with Crippen LogP contribution >= 0.6 is 0 Å². The van der Waals surface area contributed by atoms with E-state index in [0.29, 0.717) is 6.54 Å². The zero-order valence-corrected chi connectivity index (χ0v) is 10.9. The molecule has 0 aromatic carbocycles. The standard InChI is InChI=1S/C13H22N4O/c1-17-8-7-15-12(17)9-16-13(18)10-5-3-2-4-6-11(10)14/h7-8,10-11H,2-6,9,14H2,1H3,(H,16,18). The van der Waals surface area contributed by atoms with Crippen LogP contribution in [0.5, 0.6) is 0 Å². The Morgan fingerprint density at radius 3 is 3.00 bits per heavy atom. The number of nitrogens with two attached hydrogens (primary N) is 1. The molecule has 2 rings (SSSR count). The molecule has 1 aliphatic carbocycles. The second kappa shape index (κ2) is 6.00. The van der Waals surface area contributed by atoms with Crippen molar-refractivity contribution in [1.82, 2.24) is 14.9 Å². The van der Waals surface area contributed by atoms with E-state index in [1.54, 1.807) is 6.20 Å². The highest BCUT2D eigenvalue weighted by Crippen LogP contribution is 2.22. The summed E-state index contributed by atoms with van der Waals surface area (Å²) >= 11 is 0. The lowest BCUT2D eigenvalue weighted by molar-refractivity contribution is -0.126.